The molecule has 448 valence electrons. The number of aromatic nitrogens is 1. The Morgan fingerprint density at radius 2 is 0.680 bits per heavy atom. The number of hydrogen-bond donors (Lipinski definition) is 0. The van der Waals surface area contributed by atoms with Gasteiger partial charge in [0.1, 0.15) is 0 Å². The Hall–Kier alpha value is -12.4. The lowest BCUT2D eigenvalue weighted by molar-refractivity contribution is 0.794. The molecule has 15 aromatic carbocycles. The molecule has 6 aliphatic rings. The molecule has 0 saturated heterocycles. The Kier molecular flexibility index (Phi) is 10.7. The first-order valence-corrected chi connectivity index (χ1v) is 34.0. The van der Waals surface area contributed by atoms with E-state index < -0.39 is 10.8 Å². The summed E-state index contributed by atoms with van der Waals surface area (Å²) in [5, 5.41) is 2.42. The molecule has 0 saturated carbocycles. The van der Waals surface area contributed by atoms with Crippen LogP contribution in [0.3, 0.4) is 0 Å². The summed E-state index contributed by atoms with van der Waals surface area (Å²) in [4.78, 5) is 7.92. The maximum atomic E-state index is 2.68. The number of hydrogen-bond acceptors (Lipinski definition) is 3. The van der Waals surface area contributed by atoms with Gasteiger partial charge in [0.2, 0.25) is 0 Å². The fraction of sp³-hybridized carbons (Fsp3) is 0.0217. The van der Waals surface area contributed by atoms with Gasteiger partial charge in [-0.05, 0) is 173 Å². The maximum absolute atomic E-state index is 2.68. The minimum atomic E-state index is -0.574. The second-order valence-electron chi connectivity index (χ2n) is 26.8. The van der Waals surface area contributed by atoms with E-state index in [9.17, 15) is 0 Å². The first-order chi connectivity index (χ1) is 48.2. The number of para-hydroxylation sites is 5. The van der Waals surface area contributed by atoms with E-state index in [2.05, 4.69) is 365 Å². The van der Waals surface area contributed by atoms with Crippen molar-refractivity contribution >= 4 is 96.1 Å². The molecule has 5 heteroatoms. The second-order valence-corrected chi connectivity index (χ2v) is 26.8. The van der Waals surface area contributed by atoms with Gasteiger partial charge >= 0.3 is 0 Å². The van der Waals surface area contributed by atoms with Crippen molar-refractivity contribution in [1.29, 1.82) is 0 Å². The molecular formula is C92H57BN4. The summed E-state index contributed by atoms with van der Waals surface area (Å²) >= 11 is 0. The van der Waals surface area contributed by atoms with Crippen LogP contribution in [0.15, 0.2) is 346 Å². The summed E-state index contributed by atoms with van der Waals surface area (Å²) in [6.45, 7) is -0.218. The lowest BCUT2D eigenvalue weighted by atomic mass is 9.33. The van der Waals surface area contributed by atoms with Crippen LogP contribution < -0.4 is 31.1 Å². The zero-order valence-corrected chi connectivity index (χ0v) is 52.8. The van der Waals surface area contributed by atoms with Gasteiger partial charge in [-0.1, -0.05) is 267 Å². The van der Waals surface area contributed by atoms with Crippen LogP contribution in [0, 0.1) is 0 Å². The minimum Gasteiger partial charge on any atom is -0.311 e. The third-order valence-corrected chi connectivity index (χ3v) is 22.5. The number of rotatable bonds is 6. The topological polar surface area (TPSA) is 14.7 Å². The molecule has 22 rings (SSSR count). The van der Waals surface area contributed by atoms with Crippen LogP contribution in [-0.4, -0.2) is 11.3 Å². The van der Waals surface area contributed by atoms with E-state index >= 15 is 0 Å². The van der Waals surface area contributed by atoms with Gasteiger partial charge in [-0.15, -0.1) is 0 Å². The molecule has 0 amide bonds. The molecule has 0 N–H and O–H groups in total. The van der Waals surface area contributed by atoms with Gasteiger partial charge in [0.15, 0.2) is 0 Å². The van der Waals surface area contributed by atoms with Crippen molar-refractivity contribution in [2.45, 2.75) is 10.8 Å². The first-order valence-electron chi connectivity index (χ1n) is 34.0. The summed E-state index contributed by atoms with van der Waals surface area (Å²) in [6, 6.07) is 131. The van der Waals surface area contributed by atoms with Crippen molar-refractivity contribution in [3.05, 3.63) is 390 Å². The van der Waals surface area contributed by atoms with Crippen molar-refractivity contribution in [3.63, 3.8) is 0 Å². The van der Waals surface area contributed by atoms with Gasteiger partial charge < -0.3 is 19.3 Å². The van der Waals surface area contributed by atoms with Crippen LogP contribution in [-0.2, 0) is 10.8 Å². The molecule has 0 atom stereocenters. The van der Waals surface area contributed by atoms with E-state index in [1.807, 2.05) is 0 Å². The van der Waals surface area contributed by atoms with E-state index in [0.717, 1.165) is 51.0 Å². The molecule has 2 aliphatic heterocycles. The Balaban J connectivity index is 0.903. The average molecular weight is 1230 g/mol. The summed E-state index contributed by atoms with van der Waals surface area (Å²) in [7, 11) is 0. The van der Waals surface area contributed by atoms with Gasteiger partial charge in [-0.3, -0.25) is 0 Å². The SMILES string of the molecule is c1ccc(N(c2cc3c4c(c2)N(c2ccccc2)c2c(ccc5c2c2ccccc2n5-c2ccccc2)B4c2ccc4c(c2N3c2ccccc2)-c2ccccc2C42c3ccccc3-c3ccccc32)c2cccc3c2-c2ccccc2C32c3ccccc3-c3ccccc32)cc1. The van der Waals surface area contributed by atoms with Crippen LogP contribution in [0.5, 0.6) is 0 Å². The Morgan fingerprint density at radius 1 is 0.278 bits per heavy atom. The van der Waals surface area contributed by atoms with E-state index in [-0.39, 0.29) is 6.71 Å². The van der Waals surface area contributed by atoms with Crippen LogP contribution in [0.1, 0.15) is 44.5 Å². The summed E-state index contributed by atoms with van der Waals surface area (Å²) in [5.41, 5.74) is 36.9. The molecule has 16 aromatic rings. The molecular weight excluding hydrogens is 1170 g/mol. The number of fused-ring (bicyclic) bond motifs is 29. The number of anilines is 9. The Morgan fingerprint density at radius 3 is 1.23 bits per heavy atom. The zero-order chi connectivity index (χ0) is 63.2. The lowest BCUT2D eigenvalue weighted by Gasteiger charge is -2.46. The van der Waals surface area contributed by atoms with Crippen molar-refractivity contribution in [2.24, 2.45) is 0 Å². The summed E-state index contributed by atoms with van der Waals surface area (Å²) < 4.78 is 2.48. The third-order valence-electron chi connectivity index (χ3n) is 22.5. The monoisotopic (exact) mass is 1230 g/mol. The predicted molar refractivity (Wildman–Crippen MR) is 402 cm³/mol. The van der Waals surface area contributed by atoms with Gasteiger partial charge in [0, 0.05) is 61.7 Å². The highest BCUT2D eigenvalue weighted by Gasteiger charge is 2.56. The van der Waals surface area contributed by atoms with E-state index in [1.54, 1.807) is 0 Å². The average Bonchev–Trinajstić information content (AvgIpc) is 1.57. The fourth-order valence-corrected chi connectivity index (χ4v) is 19.2. The molecule has 0 fully saturated rings. The van der Waals surface area contributed by atoms with E-state index in [4.69, 9.17) is 0 Å². The van der Waals surface area contributed by atoms with Crippen LogP contribution in [0.2, 0.25) is 0 Å². The second kappa shape index (κ2) is 19.6. The zero-order valence-electron chi connectivity index (χ0n) is 52.8. The lowest BCUT2D eigenvalue weighted by Crippen LogP contribution is -2.61. The summed E-state index contributed by atoms with van der Waals surface area (Å²) in [6.07, 6.45) is 0. The van der Waals surface area contributed by atoms with Crippen molar-refractivity contribution in [3.8, 4) is 50.2 Å². The minimum absolute atomic E-state index is 0.218. The quantitative estimate of drug-likeness (QED) is 0.154. The van der Waals surface area contributed by atoms with Crippen molar-refractivity contribution < 1.29 is 0 Å². The highest BCUT2D eigenvalue weighted by molar-refractivity contribution is 7.00. The van der Waals surface area contributed by atoms with Gasteiger partial charge in [0.05, 0.1) is 38.9 Å². The molecule has 0 unspecified atom stereocenters. The maximum Gasteiger partial charge on any atom is 0.252 e. The molecule has 4 nitrogen and oxygen atoms in total. The largest absolute Gasteiger partial charge is 0.311 e. The Bertz CT molecular complexity index is 5960. The van der Waals surface area contributed by atoms with Crippen LogP contribution >= 0.6 is 0 Å². The molecule has 97 heavy (non-hydrogen) atoms. The predicted octanol–water partition coefficient (Wildman–Crippen LogP) is 21.0. The first kappa shape index (κ1) is 53.0. The molecule has 1 aromatic heterocycles. The fourth-order valence-electron chi connectivity index (χ4n) is 19.2. The highest BCUT2D eigenvalue weighted by Crippen LogP contribution is 2.67. The van der Waals surface area contributed by atoms with Crippen molar-refractivity contribution in [1.82, 2.24) is 4.57 Å². The molecule has 4 aliphatic carbocycles. The molecule has 3 heterocycles. The number of nitrogens with zero attached hydrogens (tertiary/aromatic N) is 4. The highest BCUT2D eigenvalue weighted by atomic mass is 15.2. The third kappa shape index (κ3) is 6.68. The smallest absolute Gasteiger partial charge is 0.252 e. The number of benzene rings is 15. The van der Waals surface area contributed by atoms with Crippen LogP contribution in [0.25, 0.3) is 72.0 Å². The normalized spacial score (nSPS) is 14.3. The van der Waals surface area contributed by atoms with Gasteiger partial charge in [0.25, 0.3) is 6.71 Å². The van der Waals surface area contributed by atoms with Gasteiger partial charge in [-0.25, -0.2) is 0 Å². The van der Waals surface area contributed by atoms with E-state index in [1.165, 1.54) is 133 Å². The molecule has 2 spiro atoms. The van der Waals surface area contributed by atoms with Crippen LogP contribution in [0.4, 0.5) is 51.2 Å². The van der Waals surface area contributed by atoms with Crippen molar-refractivity contribution in [2.75, 3.05) is 14.7 Å². The summed E-state index contributed by atoms with van der Waals surface area (Å²) in [5.74, 6) is 0. The molecule has 0 bridgehead atoms. The van der Waals surface area contributed by atoms with Gasteiger partial charge in [-0.2, -0.15) is 0 Å². The Labute approximate surface area is 563 Å². The standard InChI is InChI=1S/C92H57BN4/c1-5-28-58(29-6-1)94(81-51-27-49-76-85(81)67-40-17-24-47-74(67)91(76)70-43-20-13-36-63(70)64-37-14-21-44-71(64)91)62-56-83-88-84(57-62)97(61-34-11-4-12-35-61)90-79(54-55-82-87(90)69-42-19-26-50-80(69)95(82)59-30-7-2-8-31-59)93(88)78-53-52-77-86(89(78)96(83)60-32-9-3-10-33-60)68-41-18-25-48-75(68)92(77)72-45-22-15-38-65(72)66-39-16-23-46-73(66)92/h1-57H. The molecule has 0 radical (unpaired) electrons. The van der Waals surface area contributed by atoms with E-state index in [0.29, 0.717) is 0 Å².